The first-order valence-electron chi connectivity index (χ1n) is 8.19. The zero-order valence-electron chi connectivity index (χ0n) is 14.6. The van der Waals surface area contributed by atoms with E-state index < -0.39 is 5.41 Å². The van der Waals surface area contributed by atoms with Crippen molar-refractivity contribution in [3.8, 4) is 0 Å². The summed E-state index contributed by atoms with van der Waals surface area (Å²) in [5, 5.41) is 0. The third-order valence-corrected chi connectivity index (χ3v) is 4.76. The summed E-state index contributed by atoms with van der Waals surface area (Å²) in [6.45, 7) is 12.4. The molecule has 0 N–H and O–H groups in total. The van der Waals surface area contributed by atoms with E-state index in [1.165, 1.54) is 23.1 Å². The van der Waals surface area contributed by atoms with Crippen LogP contribution in [0.3, 0.4) is 0 Å². The van der Waals surface area contributed by atoms with Crippen molar-refractivity contribution in [1.82, 2.24) is 4.57 Å². The number of hydrogen-bond donors (Lipinski definition) is 0. The van der Waals surface area contributed by atoms with E-state index in [1.54, 1.807) is 11.3 Å². The Morgan fingerprint density at radius 3 is 2.74 bits per heavy atom. The van der Waals surface area contributed by atoms with Gasteiger partial charge in [0.2, 0.25) is 0 Å². The van der Waals surface area contributed by atoms with E-state index in [0.717, 1.165) is 16.7 Å². The molecule has 124 valence electrons. The Morgan fingerprint density at radius 2 is 2.13 bits per heavy atom. The minimum Gasteiger partial charge on any atom is -0.313 e. The number of unbranched alkanes of at least 4 members (excludes halogenated alkanes) is 1. The number of rotatable bonds is 5. The van der Waals surface area contributed by atoms with Crippen LogP contribution in [0.25, 0.3) is 10.2 Å². The highest BCUT2D eigenvalue weighted by molar-refractivity contribution is 7.16. The molecule has 0 aliphatic rings. The second kappa shape index (κ2) is 7.26. The van der Waals surface area contributed by atoms with E-state index in [-0.39, 0.29) is 5.91 Å². The minimum atomic E-state index is -0.464. The number of amides is 1. The number of aryl methyl sites for hydroxylation is 1. The van der Waals surface area contributed by atoms with Gasteiger partial charge in [0.1, 0.15) is 0 Å². The molecule has 2 rings (SSSR count). The highest BCUT2D eigenvalue weighted by atomic mass is 32.1. The second-order valence-corrected chi connectivity index (χ2v) is 7.87. The highest BCUT2D eigenvalue weighted by Gasteiger charge is 2.21. The Morgan fingerprint density at radius 1 is 1.39 bits per heavy atom. The number of thiazole rings is 1. The topological polar surface area (TPSA) is 34.4 Å². The first-order valence-corrected chi connectivity index (χ1v) is 9.00. The molecule has 0 saturated carbocycles. The molecule has 4 heteroatoms. The Balaban J connectivity index is 2.55. The lowest BCUT2D eigenvalue weighted by Crippen LogP contribution is -2.23. The van der Waals surface area contributed by atoms with Crippen molar-refractivity contribution in [3.05, 3.63) is 41.2 Å². The van der Waals surface area contributed by atoms with Crippen LogP contribution in [0.2, 0.25) is 0 Å². The third-order valence-electron chi connectivity index (χ3n) is 3.72. The first kappa shape index (κ1) is 17.7. The van der Waals surface area contributed by atoms with E-state index in [1.807, 2.05) is 26.8 Å². The molecule has 0 radical (unpaired) electrons. The van der Waals surface area contributed by atoms with Gasteiger partial charge in [-0.2, -0.15) is 4.99 Å². The predicted molar refractivity (Wildman–Crippen MR) is 98.6 cm³/mol. The Hall–Kier alpha value is -1.68. The maximum absolute atomic E-state index is 12.3. The van der Waals surface area contributed by atoms with Gasteiger partial charge in [0, 0.05) is 12.0 Å². The van der Waals surface area contributed by atoms with Gasteiger partial charge in [-0.05, 0) is 30.5 Å². The molecular formula is C19H26N2OS. The summed E-state index contributed by atoms with van der Waals surface area (Å²) in [7, 11) is 0. The smallest absolute Gasteiger partial charge is 0.253 e. The summed E-state index contributed by atoms with van der Waals surface area (Å²) >= 11 is 1.58. The lowest BCUT2D eigenvalue weighted by atomic mass is 9.96. The Bertz CT molecular complexity index is 775. The molecule has 0 spiro atoms. The molecule has 0 aliphatic carbocycles. The maximum Gasteiger partial charge on any atom is 0.253 e. The lowest BCUT2D eigenvalue weighted by Gasteiger charge is -2.11. The fraction of sp³-hybridized carbons (Fsp3) is 0.474. The molecule has 0 saturated heterocycles. The lowest BCUT2D eigenvalue weighted by molar-refractivity contribution is -0.125. The molecule has 0 aliphatic heterocycles. The number of carbonyl (C=O) groups excluding carboxylic acids is 1. The van der Waals surface area contributed by atoms with Crippen molar-refractivity contribution in [3.63, 3.8) is 0 Å². The number of allylic oxidation sites excluding steroid dienone is 1. The van der Waals surface area contributed by atoms with Crippen LogP contribution in [0.5, 0.6) is 0 Å². The molecule has 1 aromatic heterocycles. The van der Waals surface area contributed by atoms with Gasteiger partial charge in [-0.1, -0.05) is 57.6 Å². The second-order valence-electron chi connectivity index (χ2n) is 6.86. The predicted octanol–water partition coefficient (Wildman–Crippen LogP) is 4.70. The normalized spacial score (nSPS) is 12.8. The van der Waals surface area contributed by atoms with Gasteiger partial charge in [0.15, 0.2) is 4.80 Å². The molecule has 1 heterocycles. The van der Waals surface area contributed by atoms with Crippen LogP contribution in [-0.4, -0.2) is 10.5 Å². The van der Waals surface area contributed by atoms with Crippen LogP contribution in [0, 0.1) is 5.41 Å². The van der Waals surface area contributed by atoms with Crippen LogP contribution in [0.4, 0.5) is 0 Å². The van der Waals surface area contributed by atoms with Crippen molar-refractivity contribution < 1.29 is 4.79 Å². The maximum atomic E-state index is 12.3. The fourth-order valence-corrected chi connectivity index (χ4v) is 3.40. The fourth-order valence-electron chi connectivity index (χ4n) is 2.30. The van der Waals surface area contributed by atoms with Crippen molar-refractivity contribution in [2.75, 3.05) is 0 Å². The molecular weight excluding hydrogens is 304 g/mol. The molecule has 23 heavy (non-hydrogen) atoms. The molecule has 3 nitrogen and oxygen atoms in total. The molecule has 0 fully saturated rings. The summed E-state index contributed by atoms with van der Waals surface area (Å²) in [6.07, 6.45) is 5.33. The van der Waals surface area contributed by atoms with Gasteiger partial charge < -0.3 is 4.57 Å². The number of fused-ring (bicyclic) bond motifs is 1. The van der Waals surface area contributed by atoms with Crippen molar-refractivity contribution in [2.45, 2.75) is 53.5 Å². The van der Waals surface area contributed by atoms with Gasteiger partial charge in [-0.15, -0.1) is 6.58 Å². The Kier molecular flexibility index (Phi) is 5.58. The van der Waals surface area contributed by atoms with Gasteiger partial charge in [-0.25, -0.2) is 0 Å². The SMILES string of the molecule is C=CCn1c(=NC(=O)C(C)(C)C)sc2cc(CCCC)ccc21. The number of carbonyl (C=O) groups is 1. The molecule has 0 bridgehead atoms. The molecule has 0 atom stereocenters. The third kappa shape index (κ3) is 4.20. The molecule has 1 amide bonds. The van der Waals surface area contributed by atoms with E-state index in [0.29, 0.717) is 6.54 Å². The monoisotopic (exact) mass is 330 g/mol. The highest BCUT2D eigenvalue weighted by Crippen LogP contribution is 2.21. The standard InChI is InChI=1S/C19H26N2OS/c1-6-8-9-14-10-11-15-16(13-14)23-18(21(15)12-7-2)20-17(22)19(3,4)5/h7,10-11,13H,2,6,8-9,12H2,1,3-5H3. The number of benzene rings is 1. The average Bonchev–Trinajstić information content (AvgIpc) is 2.81. The van der Waals surface area contributed by atoms with Crippen LogP contribution in [-0.2, 0) is 17.8 Å². The first-order chi connectivity index (χ1) is 10.9. The van der Waals surface area contributed by atoms with Crippen molar-refractivity contribution in [1.29, 1.82) is 0 Å². The van der Waals surface area contributed by atoms with Crippen molar-refractivity contribution in [2.24, 2.45) is 10.4 Å². The zero-order valence-corrected chi connectivity index (χ0v) is 15.4. The van der Waals surface area contributed by atoms with E-state index >= 15 is 0 Å². The van der Waals surface area contributed by atoms with Crippen LogP contribution >= 0.6 is 11.3 Å². The molecule has 1 aromatic carbocycles. The molecule has 2 aromatic rings. The summed E-state index contributed by atoms with van der Waals surface area (Å²) < 4.78 is 3.25. The average molecular weight is 330 g/mol. The zero-order chi connectivity index (χ0) is 17.0. The number of nitrogens with zero attached hydrogens (tertiary/aromatic N) is 2. The number of hydrogen-bond acceptors (Lipinski definition) is 2. The molecule has 0 unspecified atom stereocenters. The van der Waals surface area contributed by atoms with Gasteiger partial charge >= 0.3 is 0 Å². The minimum absolute atomic E-state index is 0.0897. The van der Waals surface area contributed by atoms with Crippen LogP contribution < -0.4 is 4.80 Å². The van der Waals surface area contributed by atoms with Gasteiger partial charge in [-0.3, -0.25) is 4.79 Å². The Labute approximate surface area is 142 Å². The van der Waals surface area contributed by atoms with Gasteiger partial charge in [0.05, 0.1) is 10.2 Å². The van der Waals surface area contributed by atoms with E-state index in [2.05, 4.69) is 41.3 Å². The van der Waals surface area contributed by atoms with E-state index in [9.17, 15) is 4.79 Å². The summed E-state index contributed by atoms with van der Waals surface area (Å²) in [6, 6.07) is 6.55. The summed E-state index contributed by atoms with van der Waals surface area (Å²) in [5.41, 5.74) is 2.00. The summed E-state index contributed by atoms with van der Waals surface area (Å²) in [4.78, 5) is 17.4. The number of aromatic nitrogens is 1. The quantitative estimate of drug-likeness (QED) is 0.731. The van der Waals surface area contributed by atoms with Crippen LogP contribution in [0.1, 0.15) is 46.1 Å². The van der Waals surface area contributed by atoms with Crippen molar-refractivity contribution >= 4 is 27.5 Å². The van der Waals surface area contributed by atoms with Gasteiger partial charge in [0.25, 0.3) is 5.91 Å². The van der Waals surface area contributed by atoms with E-state index in [4.69, 9.17) is 0 Å². The van der Waals surface area contributed by atoms with Crippen LogP contribution in [0.15, 0.2) is 35.8 Å². The largest absolute Gasteiger partial charge is 0.313 e. The summed E-state index contributed by atoms with van der Waals surface area (Å²) in [5.74, 6) is -0.0897.